The summed E-state index contributed by atoms with van der Waals surface area (Å²) in [5.41, 5.74) is 0.733. The van der Waals surface area contributed by atoms with Gasteiger partial charge in [0, 0.05) is 0 Å². The van der Waals surface area contributed by atoms with Gasteiger partial charge in [0.15, 0.2) is 18.1 Å². The molecule has 0 unspecified atom stereocenters. The average Bonchev–Trinajstić information content (AvgIpc) is 2.92. The molecule has 0 spiro atoms. The Morgan fingerprint density at radius 1 is 0.923 bits per heavy atom. The second-order valence-corrected chi connectivity index (χ2v) is 8.82. The van der Waals surface area contributed by atoms with E-state index in [0.29, 0.717) is 17.0 Å². The summed E-state index contributed by atoms with van der Waals surface area (Å²) in [5, 5.41) is 5.21. The van der Waals surface area contributed by atoms with Crippen molar-refractivity contribution in [1.29, 1.82) is 0 Å². The molecule has 3 aromatic rings. The third-order valence-electron chi connectivity index (χ3n) is 5.50. The van der Waals surface area contributed by atoms with Crippen molar-refractivity contribution in [2.75, 3.05) is 31.0 Å². The second-order valence-electron chi connectivity index (χ2n) is 8.00. The molecular formula is C27H21Cl2N3O7. The van der Waals surface area contributed by atoms with Crippen LogP contribution in [0.1, 0.15) is 5.56 Å². The zero-order chi connectivity index (χ0) is 28.1. The van der Waals surface area contributed by atoms with Gasteiger partial charge in [-0.15, -0.1) is 0 Å². The first-order valence-electron chi connectivity index (χ1n) is 11.3. The van der Waals surface area contributed by atoms with E-state index >= 15 is 0 Å². The number of anilines is 2. The Balaban J connectivity index is 1.52. The van der Waals surface area contributed by atoms with Gasteiger partial charge in [0.1, 0.15) is 11.3 Å². The van der Waals surface area contributed by atoms with Gasteiger partial charge in [0.2, 0.25) is 0 Å². The lowest BCUT2D eigenvalue weighted by molar-refractivity contribution is -0.122. The minimum Gasteiger partial charge on any atom is -0.495 e. The predicted molar refractivity (Wildman–Crippen MR) is 146 cm³/mol. The van der Waals surface area contributed by atoms with Crippen molar-refractivity contribution in [3.63, 3.8) is 0 Å². The first-order chi connectivity index (χ1) is 18.7. The van der Waals surface area contributed by atoms with Crippen LogP contribution in [0.25, 0.3) is 6.08 Å². The van der Waals surface area contributed by atoms with Crippen molar-refractivity contribution < 1.29 is 33.4 Å². The van der Waals surface area contributed by atoms with E-state index in [9.17, 15) is 19.2 Å². The van der Waals surface area contributed by atoms with E-state index in [1.165, 1.54) is 50.6 Å². The lowest BCUT2D eigenvalue weighted by Crippen LogP contribution is -2.54. The molecule has 2 N–H and O–H groups in total. The van der Waals surface area contributed by atoms with Gasteiger partial charge in [-0.25, -0.2) is 9.69 Å². The number of nitrogens with one attached hydrogen (secondary N) is 2. The zero-order valence-corrected chi connectivity index (χ0v) is 22.1. The largest absolute Gasteiger partial charge is 0.495 e. The van der Waals surface area contributed by atoms with Gasteiger partial charge in [0.05, 0.1) is 35.6 Å². The minimum atomic E-state index is -0.923. The molecule has 10 nitrogen and oxygen atoms in total. The topological polar surface area (TPSA) is 123 Å². The molecule has 4 rings (SSSR count). The summed E-state index contributed by atoms with van der Waals surface area (Å²) in [7, 11) is 2.90. The van der Waals surface area contributed by atoms with E-state index in [0.717, 1.165) is 4.90 Å². The smallest absolute Gasteiger partial charge is 0.335 e. The van der Waals surface area contributed by atoms with Gasteiger partial charge in [-0.3, -0.25) is 19.7 Å². The Morgan fingerprint density at radius 2 is 1.67 bits per heavy atom. The van der Waals surface area contributed by atoms with Crippen LogP contribution < -0.4 is 29.7 Å². The normalized spacial score (nSPS) is 14.2. The molecule has 0 radical (unpaired) electrons. The number of amides is 5. The van der Waals surface area contributed by atoms with Crippen molar-refractivity contribution in [1.82, 2.24) is 5.32 Å². The van der Waals surface area contributed by atoms with Crippen LogP contribution in [0.2, 0.25) is 10.0 Å². The zero-order valence-electron chi connectivity index (χ0n) is 20.6. The van der Waals surface area contributed by atoms with Gasteiger partial charge < -0.3 is 19.5 Å². The van der Waals surface area contributed by atoms with E-state index in [2.05, 4.69) is 10.6 Å². The third kappa shape index (κ3) is 6.14. The number of hydrogen-bond donors (Lipinski definition) is 2. The summed E-state index contributed by atoms with van der Waals surface area (Å²) in [6.07, 6.45) is 1.30. The number of imide groups is 2. The standard InChI is InChI=1S/C27H21Cl2N3O7/c1-37-21-6-4-3-5-20(21)30-24(33)14-39-22-10-7-15(12-23(22)38-2)11-17-25(34)31-27(36)32(26(17)35)16-8-9-18(28)19(29)13-16/h3-13H,14H2,1-2H3,(H,30,33)(H,31,34,36)/b17-11-. The summed E-state index contributed by atoms with van der Waals surface area (Å²) >= 11 is 12.0. The quantitative estimate of drug-likeness (QED) is 0.298. The maximum Gasteiger partial charge on any atom is 0.335 e. The van der Waals surface area contributed by atoms with E-state index < -0.39 is 23.8 Å². The molecular weight excluding hydrogens is 549 g/mol. The van der Waals surface area contributed by atoms with Crippen LogP contribution in [0.3, 0.4) is 0 Å². The fourth-order valence-corrected chi connectivity index (χ4v) is 3.95. The highest BCUT2D eigenvalue weighted by Gasteiger charge is 2.37. The Labute approximate surface area is 233 Å². The van der Waals surface area contributed by atoms with Crippen LogP contribution >= 0.6 is 23.2 Å². The molecule has 1 fully saturated rings. The fraction of sp³-hybridized carbons (Fsp3) is 0.111. The average molecular weight is 570 g/mol. The number of benzene rings is 3. The lowest BCUT2D eigenvalue weighted by Gasteiger charge is -2.26. The summed E-state index contributed by atoms with van der Waals surface area (Å²) in [5.74, 6) is -1.15. The summed E-state index contributed by atoms with van der Waals surface area (Å²) in [4.78, 5) is 51.2. The summed E-state index contributed by atoms with van der Waals surface area (Å²) < 4.78 is 16.2. The minimum absolute atomic E-state index is 0.133. The van der Waals surface area contributed by atoms with Gasteiger partial charge >= 0.3 is 6.03 Å². The molecule has 3 aromatic carbocycles. The number of rotatable bonds is 8. The highest BCUT2D eigenvalue weighted by atomic mass is 35.5. The monoisotopic (exact) mass is 569 g/mol. The molecule has 200 valence electrons. The number of nitrogens with zero attached hydrogens (tertiary/aromatic N) is 1. The number of halogens is 2. The highest BCUT2D eigenvalue weighted by Crippen LogP contribution is 2.32. The van der Waals surface area contributed by atoms with Crippen LogP contribution in [-0.4, -0.2) is 44.6 Å². The Kier molecular flexibility index (Phi) is 8.38. The number of carbonyl (C=O) groups is 4. The number of barbiturate groups is 1. The van der Waals surface area contributed by atoms with Crippen LogP contribution in [0, 0.1) is 0 Å². The van der Waals surface area contributed by atoms with E-state index in [-0.39, 0.29) is 39.4 Å². The van der Waals surface area contributed by atoms with Crippen LogP contribution in [0.4, 0.5) is 16.2 Å². The van der Waals surface area contributed by atoms with Gasteiger partial charge in [0.25, 0.3) is 17.7 Å². The first kappa shape index (κ1) is 27.5. The molecule has 39 heavy (non-hydrogen) atoms. The molecule has 0 saturated carbocycles. The Morgan fingerprint density at radius 3 is 2.38 bits per heavy atom. The molecule has 0 bridgehead atoms. The Bertz CT molecular complexity index is 1510. The molecule has 12 heteroatoms. The van der Waals surface area contributed by atoms with Gasteiger partial charge in [-0.1, -0.05) is 41.4 Å². The molecule has 1 aliphatic heterocycles. The maximum absolute atomic E-state index is 13.1. The van der Waals surface area contributed by atoms with Crippen molar-refractivity contribution in [2.24, 2.45) is 0 Å². The SMILES string of the molecule is COc1ccccc1NC(=O)COc1ccc(/C=C2/C(=O)NC(=O)N(c3ccc(Cl)c(Cl)c3)C2=O)cc1OC. The summed E-state index contributed by atoms with van der Waals surface area (Å²) in [6.45, 7) is -0.323. The fourth-order valence-electron chi connectivity index (χ4n) is 3.65. The first-order valence-corrected chi connectivity index (χ1v) is 12.1. The predicted octanol–water partition coefficient (Wildman–Crippen LogP) is 4.69. The Hall–Kier alpha value is -4.54. The van der Waals surface area contributed by atoms with Gasteiger partial charge in [-0.2, -0.15) is 0 Å². The van der Waals surface area contributed by atoms with Crippen molar-refractivity contribution >= 4 is 64.4 Å². The van der Waals surface area contributed by atoms with E-state index in [1.54, 1.807) is 30.3 Å². The third-order valence-corrected chi connectivity index (χ3v) is 6.24. The molecule has 0 aliphatic carbocycles. The van der Waals surface area contributed by atoms with Crippen molar-refractivity contribution in [3.8, 4) is 17.2 Å². The second kappa shape index (κ2) is 11.9. The number of urea groups is 1. The van der Waals surface area contributed by atoms with E-state index in [1.807, 2.05) is 0 Å². The number of para-hydroxylation sites is 2. The van der Waals surface area contributed by atoms with Crippen molar-refractivity contribution in [3.05, 3.63) is 81.8 Å². The highest BCUT2D eigenvalue weighted by molar-refractivity contribution is 6.43. The summed E-state index contributed by atoms with van der Waals surface area (Å²) in [6, 6.07) is 14.8. The lowest BCUT2D eigenvalue weighted by atomic mass is 10.1. The number of ether oxygens (including phenoxy) is 3. The van der Waals surface area contributed by atoms with Crippen molar-refractivity contribution in [2.45, 2.75) is 0 Å². The number of methoxy groups -OCH3 is 2. The van der Waals surface area contributed by atoms with Crippen LogP contribution in [0.5, 0.6) is 17.2 Å². The molecule has 5 amide bonds. The van der Waals surface area contributed by atoms with Crippen LogP contribution in [-0.2, 0) is 14.4 Å². The van der Waals surface area contributed by atoms with Gasteiger partial charge in [-0.05, 0) is 54.1 Å². The number of carbonyl (C=O) groups excluding carboxylic acids is 4. The van der Waals surface area contributed by atoms with Crippen LogP contribution in [0.15, 0.2) is 66.2 Å². The molecule has 0 atom stereocenters. The molecule has 0 aromatic heterocycles. The molecule has 1 heterocycles. The maximum atomic E-state index is 13.1. The molecule has 1 aliphatic rings. The van der Waals surface area contributed by atoms with E-state index in [4.69, 9.17) is 37.4 Å². The molecule has 1 saturated heterocycles. The number of hydrogen-bond acceptors (Lipinski definition) is 7.